The van der Waals surface area contributed by atoms with Crippen molar-refractivity contribution in [3.05, 3.63) is 60.8 Å². The Morgan fingerprint density at radius 2 is 0.980 bits per heavy atom. The first-order valence-electron chi connectivity index (χ1n) is 21.5. The molecule has 1 amide bonds. The standard InChI is InChI=1S/C46H83NO4/c1-3-5-7-9-11-13-14-15-16-17-18-19-20-21-22-23-24-25-26-27-28-29-30-32-33-35-37-39-43(49)41-46(51)47-44(42-48)45(50)40-38-36-34-31-12-10-8-6-4-2/h4,6,12,18-19,21-22,31,38,40,43-45,48-50H,3,5,7-11,13-17,20,23-30,32-37,39,41-42H2,1-2H3,(H,47,51)/b6-4+,19-18-,22-21-,31-12+,40-38+. The second-order valence-corrected chi connectivity index (χ2v) is 14.6. The van der Waals surface area contributed by atoms with Gasteiger partial charge in [0.2, 0.25) is 5.91 Å². The van der Waals surface area contributed by atoms with Gasteiger partial charge in [0.1, 0.15) is 0 Å². The van der Waals surface area contributed by atoms with Gasteiger partial charge < -0.3 is 20.6 Å². The molecular formula is C46H83NO4. The van der Waals surface area contributed by atoms with Gasteiger partial charge in [-0.3, -0.25) is 4.79 Å². The molecule has 296 valence electrons. The van der Waals surface area contributed by atoms with Gasteiger partial charge in [-0.05, 0) is 71.1 Å². The van der Waals surface area contributed by atoms with E-state index in [2.05, 4.69) is 60.8 Å². The van der Waals surface area contributed by atoms with Gasteiger partial charge in [0, 0.05) is 0 Å². The molecule has 0 radical (unpaired) electrons. The summed E-state index contributed by atoms with van der Waals surface area (Å²) in [6, 6.07) is -0.768. The maximum absolute atomic E-state index is 12.4. The fourth-order valence-corrected chi connectivity index (χ4v) is 6.29. The van der Waals surface area contributed by atoms with Crippen molar-refractivity contribution < 1.29 is 20.1 Å². The number of unbranched alkanes of at least 4 members (excludes halogenated alkanes) is 22. The lowest BCUT2D eigenvalue weighted by molar-refractivity contribution is -0.124. The Kier molecular flexibility index (Phi) is 39.3. The number of hydrogen-bond acceptors (Lipinski definition) is 4. The van der Waals surface area contributed by atoms with Gasteiger partial charge in [0.05, 0.1) is 31.3 Å². The SMILES string of the molecule is C/C=C/CC/C=C/CC/C=C/C(O)C(CO)NC(=O)CC(O)CCCCCCCCCCCCC/C=C\C/C=C\CCCCCCCCCCC. The molecule has 0 aromatic rings. The van der Waals surface area contributed by atoms with E-state index in [1.54, 1.807) is 6.08 Å². The van der Waals surface area contributed by atoms with Crippen LogP contribution in [0.4, 0.5) is 0 Å². The molecule has 4 N–H and O–H groups in total. The average Bonchev–Trinajstić information content (AvgIpc) is 3.12. The lowest BCUT2D eigenvalue weighted by atomic mass is 10.0. The largest absolute Gasteiger partial charge is 0.394 e. The minimum absolute atomic E-state index is 0.00193. The van der Waals surface area contributed by atoms with Crippen LogP contribution in [-0.4, -0.2) is 46.1 Å². The van der Waals surface area contributed by atoms with E-state index in [-0.39, 0.29) is 18.9 Å². The fourth-order valence-electron chi connectivity index (χ4n) is 6.29. The molecule has 0 aromatic carbocycles. The number of carbonyl (C=O) groups excluding carboxylic acids is 1. The fraction of sp³-hybridized carbons (Fsp3) is 0.761. The van der Waals surface area contributed by atoms with Crippen molar-refractivity contribution in [2.75, 3.05) is 6.61 Å². The van der Waals surface area contributed by atoms with E-state index in [1.165, 1.54) is 128 Å². The highest BCUT2D eigenvalue weighted by Crippen LogP contribution is 2.15. The first-order chi connectivity index (χ1) is 25.0. The number of carbonyl (C=O) groups is 1. The van der Waals surface area contributed by atoms with E-state index in [9.17, 15) is 20.1 Å². The average molecular weight is 714 g/mol. The highest BCUT2D eigenvalue weighted by atomic mass is 16.3. The lowest BCUT2D eigenvalue weighted by Crippen LogP contribution is -2.45. The van der Waals surface area contributed by atoms with Gasteiger partial charge >= 0.3 is 0 Å². The van der Waals surface area contributed by atoms with E-state index in [4.69, 9.17) is 0 Å². The first kappa shape index (κ1) is 49.0. The molecule has 3 atom stereocenters. The molecule has 0 aliphatic rings. The summed E-state index contributed by atoms with van der Waals surface area (Å²) in [4.78, 5) is 12.4. The van der Waals surface area contributed by atoms with Gasteiger partial charge in [-0.25, -0.2) is 0 Å². The molecule has 0 rings (SSSR count). The molecule has 0 aliphatic heterocycles. The third-order valence-electron chi connectivity index (χ3n) is 9.60. The van der Waals surface area contributed by atoms with Gasteiger partial charge in [-0.15, -0.1) is 0 Å². The zero-order valence-corrected chi connectivity index (χ0v) is 33.5. The zero-order valence-electron chi connectivity index (χ0n) is 33.5. The van der Waals surface area contributed by atoms with Gasteiger partial charge in [0.15, 0.2) is 0 Å². The Balaban J connectivity index is 3.60. The van der Waals surface area contributed by atoms with Crippen molar-refractivity contribution in [1.82, 2.24) is 5.32 Å². The van der Waals surface area contributed by atoms with Crippen LogP contribution in [0.15, 0.2) is 60.8 Å². The lowest BCUT2D eigenvalue weighted by Gasteiger charge is -2.21. The highest BCUT2D eigenvalue weighted by molar-refractivity contribution is 5.76. The molecule has 0 aliphatic carbocycles. The number of hydrogen-bond donors (Lipinski definition) is 4. The predicted octanol–water partition coefficient (Wildman–Crippen LogP) is 12.3. The normalized spacial score (nSPS) is 14.2. The summed E-state index contributed by atoms with van der Waals surface area (Å²) in [5.41, 5.74) is 0. The summed E-state index contributed by atoms with van der Waals surface area (Å²) in [6.45, 7) is 3.95. The smallest absolute Gasteiger partial charge is 0.222 e. The molecule has 5 nitrogen and oxygen atoms in total. The molecule has 5 heteroatoms. The van der Waals surface area contributed by atoms with Crippen LogP contribution in [-0.2, 0) is 4.79 Å². The molecule has 0 fully saturated rings. The number of amides is 1. The van der Waals surface area contributed by atoms with Crippen LogP contribution in [0.25, 0.3) is 0 Å². The second kappa shape index (κ2) is 40.8. The molecule has 0 bridgehead atoms. The summed E-state index contributed by atoms with van der Waals surface area (Å²) in [7, 11) is 0. The molecule has 0 heterocycles. The molecule has 51 heavy (non-hydrogen) atoms. The summed E-state index contributed by atoms with van der Waals surface area (Å²) in [6.07, 6.45) is 54.0. The third-order valence-corrected chi connectivity index (χ3v) is 9.60. The quantitative estimate of drug-likeness (QED) is 0.0379. The van der Waals surface area contributed by atoms with Crippen LogP contribution in [0.3, 0.4) is 0 Å². The third kappa shape index (κ3) is 37.6. The molecule has 0 spiro atoms. The van der Waals surface area contributed by atoms with E-state index in [0.29, 0.717) is 6.42 Å². The minimum Gasteiger partial charge on any atom is -0.394 e. The number of aliphatic hydroxyl groups is 3. The van der Waals surface area contributed by atoms with Crippen LogP contribution < -0.4 is 5.32 Å². The zero-order chi connectivity index (χ0) is 37.3. The van der Waals surface area contributed by atoms with Crippen LogP contribution in [0.5, 0.6) is 0 Å². The van der Waals surface area contributed by atoms with Crippen LogP contribution in [0, 0.1) is 0 Å². The maximum atomic E-state index is 12.4. The van der Waals surface area contributed by atoms with Gasteiger partial charge in [0.25, 0.3) is 0 Å². The summed E-state index contributed by atoms with van der Waals surface area (Å²) in [5, 5.41) is 33.0. The molecule has 0 saturated heterocycles. The van der Waals surface area contributed by atoms with E-state index in [1.807, 2.05) is 13.0 Å². The minimum atomic E-state index is -0.959. The first-order valence-corrected chi connectivity index (χ1v) is 21.5. The van der Waals surface area contributed by atoms with E-state index >= 15 is 0 Å². The van der Waals surface area contributed by atoms with E-state index < -0.39 is 18.2 Å². The molecular weight excluding hydrogens is 631 g/mol. The Hall–Kier alpha value is -1.95. The number of allylic oxidation sites excluding steroid dienone is 9. The van der Waals surface area contributed by atoms with Crippen LogP contribution in [0.2, 0.25) is 0 Å². The number of rotatable bonds is 38. The van der Waals surface area contributed by atoms with Crippen LogP contribution >= 0.6 is 0 Å². The van der Waals surface area contributed by atoms with Gasteiger partial charge in [-0.1, -0.05) is 183 Å². The van der Waals surface area contributed by atoms with Crippen molar-refractivity contribution in [2.45, 2.75) is 218 Å². The highest BCUT2D eigenvalue weighted by Gasteiger charge is 2.20. The van der Waals surface area contributed by atoms with Crippen molar-refractivity contribution in [2.24, 2.45) is 0 Å². The van der Waals surface area contributed by atoms with Gasteiger partial charge in [-0.2, -0.15) is 0 Å². The molecule has 0 saturated carbocycles. The topological polar surface area (TPSA) is 89.8 Å². The Bertz CT molecular complexity index is 876. The van der Waals surface area contributed by atoms with Crippen molar-refractivity contribution in [1.29, 1.82) is 0 Å². The Morgan fingerprint density at radius 1 is 0.549 bits per heavy atom. The summed E-state index contributed by atoms with van der Waals surface area (Å²) < 4.78 is 0. The summed E-state index contributed by atoms with van der Waals surface area (Å²) in [5.74, 6) is -0.336. The van der Waals surface area contributed by atoms with Crippen molar-refractivity contribution >= 4 is 5.91 Å². The summed E-state index contributed by atoms with van der Waals surface area (Å²) >= 11 is 0. The maximum Gasteiger partial charge on any atom is 0.222 e. The molecule has 0 aromatic heterocycles. The second-order valence-electron chi connectivity index (χ2n) is 14.6. The van der Waals surface area contributed by atoms with Crippen molar-refractivity contribution in [3.8, 4) is 0 Å². The Morgan fingerprint density at radius 3 is 1.47 bits per heavy atom. The molecule has 3 unspecified atom stereocenters. The predicted molar refractivity (Wildman–Crippen MR) is 222 cm³/mol. The van der Waals surface area contributed by atoms with E-state index in [0.717, 1.165) is 44.9 Å². The number of nitrogens with one attached hydrogen (secondary N) is 1. The number of aliphatic hydroxyl groups excluding tert-OH is 3. The monoisotopic (exact) mass is 714 g/mol. The van der Waals surface area contributed by atoms with Crippen molar-refractivity contribution in [3.63, 3.8) is 0 Å². The Labute approximate surface area is 316 Å². The van der Waals surface area contributed by atoms with Crippen LogP contribution in [0.1, 0.15) is 200 Å².